The van der Waals surface area contributed by atoms with E-state index in [4.69, 9.17) is 9.47 Å². The van der Waals surface area contributed by atoms with Crippen molar-refractivity contribution in [2.24, 2.45) is 7.05 Å². The highest BCUT2D eigenvalue weighted by Crippen LogP contribution is 2.27. The van der Waals surface area contributed by atoms with Crippen molar-refractivity contribution in [3.8, 4) is 11.3 Å². The maximum Gasteiger partial charge on any atom is 0.410 e. The van der Waals surface area contributed by atoms with Crippen molar-refractivity contribution in [3.63, 3.8) is 0 Å². The average molecular weight is 942 g/mol. The van der Waals surface area contributed by atoms with Gasteiger partial charge >= 0.3 is 12.2 Å². The Kier molecular flexibility index (Phi) is 14.2. The van der Waals surface area contributed by atoms with Gasteiger partial charge in [-0.05, 0) is 95.7 Å². The van der Waals surface area contributed by atoms with E-state index in [0.717, 1.165) is 41.5 Å². The number of halogens is 1. The van der Waals surface area contributed by atoms with Crippen LogP contribution in [-0.2, 0) is 16.5 Å². The van der Waals surface area contributed by atoms with E-state index in [1.54, 1.807) is 49.9 Å². The lowest BCUT2D eigenvalue weighted by Gasteiger charge is -2.34. The smallest absolute Gasteiger partial charge is 0.410 e. The van der Waals surface area contributed by atoms with Gasteiger partial charge < -0.3 is 29.9 Å². The fourth-order valence-corrected chi connectivity index (χ4v) is 8.26. The predicted molar refractivity (Wildman–Crippen MR) is 236 cm³/mol. The summed E-state index contributed by atoms with van der Waals surface area (Å²) < 4.78 is 17.1. The molecule has 2 N–H and O–H groups in total. The minimum Gasteiger partial charge on any atom is -0.444 e. The van der Waals surface area contributed by atoms with Gasteiger partial charge in [0, 0.05) is 69.5 Å². The van der Waals surface area contributed by atoms with E-state index in [2.05, 4.69) is 51.6 Å². The van der Waals surface area contributed by atoms with E-state index in [1.165, 1.54) is 23.5 Å². The Morgan fingerprint density at radius 2 is 1.20 bits per heavy atom. The number of nitrogens with one attached hydrogen (secondary N) is 2. The molecule has 2 saturated heterocycles. The third-order valence-corrected chi connectivity index (χ3v) is 11.5. The summed E-state index contributed by atoms with van der Waals surface area (Å²) in [4.78, 5) is 71.8. The van der Waals surface area contributed by atoms with Crippen molar-refractivity contribution in [2.45, 2.75) is 101 Å². The molecule has 328 valence electrons. The number of rotatable bonds is 7. The first-order valence-electron chi connectivity index (χ1n) is 19.9. The van der Waals surface area contributed by atoms with Crippen LogP contribution in [0, 0.1) is 0 Å². The van der Waals surface area contributed by atoms with Crippen molar-refractivity contribution < 1.29 is 28.7 Å². The number of hydrogen-bond donors (Lipinski definition) is 2. The highest BCUT2D eigenvalue weighted by atomic mass is 79.9. The van der Waals surface area contributed by atoms with Gasteiger partial charge in [0.2, 0.25) is 0 Å². The number of hydrogen-bond acceptors (Lipinski definition) is 13. The topological polar surface area (TPSA) is 195 Å². The van der Waals surface area contributed by atoms with Gasteiger partial charge in [0.05, 0.1) is 24.3 Å². The summed E-state index contributed by atoms with van der Waals surface area (Å²) in [5.74, 6) is -0.553. The Balaban J connectivity index is 0.000000207. The Bertz CT molecular complexity index is 2400. The van der Waals surface area contributed by atoms with Crippen LogP contribution < -0.4 is 10.6 Å². The summed E-state index contributed by atoms with van der Waals surface area (Å²) in [5, 5.41) is 11.6. The molecule has 4 amide bonds. The maximum atomic E-state index is 13.1. The lowest BCUT2D eigenvalue weighted by molar-refractivity contribution is 0.0178. The zero-order chi connectivity index (χ0) is 44.2. The third-order valence-electron chi connectivity index (χ3n) is 9.55. The third kappa shape index (κ3) is 11.5. The molecule has 2 fully saturated rings. The molecule has 0 spiro atoms. The molecule has 5 aromatic rings. The molecule has 0 aromatic carbocycles. The summed E-state index contributed by atoms with van der Waals surface area (Å²) in [6.45, 7) is 13.1. The molecule has 61 heavy (non-hydrogen) atoms. The minimum atomic E-state index is -0.558. The molecule has 7 rings (SSSR count). The molecular formula is C40H53BrN12O6S2. The van der Waals surface area contributed by atoms with Crippen molar-refractivity contribution in [1.29, 1.82) is 0 Å². The average Bonchev–Trinajstić information content (AvgIpc) is 3.94. The number of piperidine rings is 2. The second-order valence-electron chi connectivity index (χ2n) is 16.8. The molecule has 2 atom stereocenters. The number of imidazole rings is 2. The molecule has 5 aromatic heterocycles. The second-order valence-corrected chi connectivity index (χ2v) is 19.2. The molecule has 7 heterocycles. The number of fused-ring (bicyclic) bond motifs is 2. The zero-order valence-electron chi connectivity index (χ0n) is 35.9. The van der Waals surface area contributed by atoms with Crippen LogP contribution in [0.15, 0.2) is 51.8 Å². The van der Waals surface area contributed by atoms with Crippen molar-refractivity contribution >= 4 is 74.7 Å². The fraction of sp³-hybridized carbons (Fsp3) is 0.525. The molecule has 2 aliphatic heterocycles. The van der Waals surface area contributed by atoms with Crippen LogP contribution >= 0.6 is 39.5 Å². The van der Waals surface area contributed by atoms with E-state index < -0.39 is 11.2 Å². The van der Waals surface area contributed by atoms with E-state index in [-0.39, 0.29) is 36.1 Å². The van der Waals surface area contributed by atoms with Gasteiger partial charge in [-0.15, -0.1) is 23.5 Å². The van der Waals surface area contributed by atoms with Crippen LogP contribution in [0.25, 0.3) is 22.6 Å². The molecule has 0 radical (unpaired) electrons. The number of ether oxygens (including phenoxy) is 2. The van der Waals surface area contributed by atoms with Crippen molar-refractivity contribution in [1.82, 2.24) is 59.0 Å². The molecule has 0 bridgehead atoms. The lowest BCUT2D eigenvalue weighted by atomic mass is 10.1. The summed E-state index contributed by atoms with van der Waals surface area (Å²) in [6.07, 6.45) is 16.7. The Hall–Kier alpha value is -4.89. The van der Waals surface area contributed by atoms with Crippen LogP contribution in [0.4, 0.5) is 9.59 Å². The van der Waals surface area contributed by atoms with Gasteiger partial charge in [-0.1, -0.05) is 0 Å². The van der Waals surface area contributed by atoms with Gasteiger partial charge in [0.25, 0.3) is 11.8 Å². The Morgan fingerprint density at radius 1 is 0.721 bits per heavy atom. The number of aryl methyl sites for hydroxylation is 1. The highest BCUT2D eigenvalue weighted by molar-refractivity contribution is 9.10. The van der Waals surface area contributed by atoms with Gasteiger partial charge in [-0.2, -0.15) is 5.10 Å². The first-order valence-corrected chi connectivity index (χ1v) is 23.1. The number of likely N-dealkylation sites (tertiary alicyclic amines) is 2. The normalized spacial score (nSPS) is 17.1. The van der Waals surface area contributed by atoms with E-state index in [1.807, 2.05) is 71.7 Å². The Morgan fingerprint density at radius 3 is 1.66 bits per heavy atom. The van der Waals surface area contributed by atoms with Crippen LogP contribution in [0.1, 0.15) is 88.2 Å². The predicted octanol–water partition coefficient (Wildman–Crippen LogP) is 6.32. The van der Waals surface area contributed by atoms with E-state index in [9.17, 15) is 19.2 Å². The van der Waals surface area contributed by atoms with E-state index in [0.29, 0.717) is 58.9 Å². The van der Waals surface area contributed by atoms with Crippen molar-refractivity contribution in [2.75, 3.05) is 38.7 Å². The Labute approximate surface area is 371 Å². The molecule has 0 aliphatic carbocycles. The molecule has 2 unspecified atom stereocenters. The summed E-state index contributed by atoms with van der Waals surface area (Å²) in [5.41, 5.74) is 2.62. The number of aromatic nitrogens is 8. The molecule has 18 nitrogen and oxygen atoms in total. The van der Waals surface area contributed by atoms with E-state index >= 15 is 0 Å². The first-order chi connectivity index (χ1) is 28.8. The quantitative estimate of drug-likeness (QED) is 0.172. The van der Waals surface area contributed by atoms with Gasteiger partial charge in [-0.25, -0.2) is 29.5 Å². The zero-order valence-corrected chi connectivity index (χ0v) is 39.1. The largest absolute Gasteiger partial charge is 0.444 e. The first kappa shape index (κ1) is 45.6. The number of nitrogens with zero attached hydrogens (tertiary/aromatic N) is 10. The number of carbonyl (C=O) groups excluding carboxylic acids is 4. The van der Waals surface area contributed by atoms with Crippen LogP contribution in [0.5, 0.6) is 0 Å². The monoisotopic (exact) mass is 940 g/mol. The molecule has 2 aliphatic rings. The fourth-order valence-electron chi connectivity index (χ4n) is 6.84. The van der Waals surface area contributed by atoms with Crippen LogP contribution in [-0.4, -0.2) is 134 Å². The van der Waals surface area contributed by atoms with Crippen LogP contribution in [0.3, 0.4) is 0 Å². The van der Waals surface area contributed by atoms with Crippen molar-refractivity contribution in [3.05, 3.63) is 53.2 Å². The second kappa shape index (κ2) is 19.0. The molecule has 0 saturated carbocycles. The number of amides is 4. The summed E-state index contributed by atoms with van der Waals surface area (Å²) >= 11 is 6.30. The van der Waals surface area contributed by atoms with Gasteiger partial charge in [0.1, 0.15) is 37.2 Å². The maximum absolute atomic E-state index is 13.1. The highest BCUT2D eigenvalue weighted by Gasteiger charge is 2.31. The minimum absolute atomic E-state index is 0.143. The number of carbonyl (C=O) groups is 4. The SMILES string of the molecule is CSc1nc(C(=O)NC2CCCN(C(=O)OC(C)(C)C)C2)cn2c(-c3cnn(C)c3)cnc12.CSc1nc(C(=O)NC2CCCN(C(=O)OC(C)(C)C)C2)cn2c(Br)cnc12. The number of thioether (sulfide) groups is 2. The molecular weight excluding hydrogens is 889 g/mol. The van der Waals surface area contributed by atoms with Gasteiger partial charge in [0.15, 0.2) is 11.3 Å². The lowest BCUT2D eigenvalue weighted by Crippen LogP contribution is -2.50. The summed E-state index contributed by atoms with van der Waals surface area (Å²) in [7, 11) is 1.85. The summed E-state index contributed by atoms with van der Waals surface area (Å²) in [6, 6.07) is -0.315. The standard InChI is InChI=1S/C22H29N7O3S.C18H24BrN5O3S/c1-22(2,3)32-21(31)28-8-6-7-15(12-28)25-19(30)16-13-29-17(14-9-24-27(4)11-14)10-23-18(29)20(26-16)33-5;1-18(2,3)27-17(26)23-7-5-6-11(9-23)21-15(25)12-10-24-13(19)8-20-14(24)16(22-12)28-4/h9-11,13,15H,6-8,12H2,1-5H3,(H,25,30);8,10-11H,5-7,9H2,1-4H3,(H,21,25). The van der Waals surface area contributed by atoms with Crippen LogP contribution in [0.2, 0.25) is 0 Å². The van der Waals surface area contributed by atoms with Gasteiger partial charge in [-0.3, -0.25) is 23.1 Å². The molecule has 21 heteroatoms.